The van der Waals surface area contributed by atoms with Crippen LogP contribution in [0, 0.1) is 11.3 Å². The van der Waals surface area contributed by atoms with E-state index in [1.54, 1.807) is 41.5 Å². The Kier molecular flexibility index (Phi) is 5.38. The molecular weight excluding hydrogens is 296 g/mol. The monoisotopic (exact) mass is 318 g/mol. The molecular formula is C17H22N2O4. The molecule has 0 atom stereocenters. The predicted octanol–water partition coefficient (Wildman–Crippen LogP) is 4.23. The number of carbonyl (C=O) groups excluding carboxylic acids is 2. The van der Waals surface area contributed by atoms with Gasteiger partial charge in [-0.2, -0.15) is 10.2 Å². The Morgan fingerprint density at radius 1 is 0.913 bits per heavy atom. The van der Waals surface area contributed by atoms with Crippen LogP contribution in [0.4, 0.5) is 15.3 Å². The van der Waals surface area contributed by atoms with Crippen molar-refractivity contribution in [1.29, 1.82) is 5.26 Å². The van der Waals surface area contributed by atoms with Crippen molar-refractivity contribution in [2.45, 2.75) is 52.7 Å². The largest absolute Gasteiger partial charge is 0.443 e. The Bertz CT molecular complexity index is 588. The van der Waals surface area contributed by atoms with E-state index >= 15 is 0 Å². The van der Waals surface area contributed by atoms with Crippen LogP contribution in [0.15, 0.2) is 24.3 Å². The summed E-state index contributed by atoms with van der Waals surface area (Å²) in [6.45, 7) is 10.2. The third-order valence-corrected chi connectivity index (χ3v) is 2.41. The summed E-state index contributed by atoms with van der Waals surface area (Å²) in [4.78, 5) is 25.6. The maximum Gasteiger partial charge on any atom is 0.424 e. The van der Waals surface area contributed by atoms with Crippen molar-refractivity contribution in [3.8, 4) is 6.07 Å². The van der Waals surface area contributed by atoms with Crippen LogP contribution in [0.5, 0.6) is 0 Å². The molecule has 6 heteroatoms. The summed E-state index contributed by atoms with van der Waals surface area (Å²) in [5, 5.41) is 8.84. The lowest BCUT2D eigenvalue weighted by atomic mass is 10.2. The van der Waals surface area contributed by atoms with E-state index in [4.69, 9.17) is 14.7 Å². The molecule has 0 radical (unpaired) electrons. The number of amides is 2. The first-order valence-electron chi connectivity index (χ1n) is 7.19. The fraction of sp³-hybridized carbons (Fsp3) is 0.471. The Labute approximate surface area is 136 Å². The van der Waals surface area contributed by atoms with Crippen molar-refractivity contribution < 1.29 is 19.1 Å². The van der Waals surface area contributed by atoms with E-state index in [9.17, 15) is 9.59 Å². The summed E-state index contributed by atoms with van der Waals surface area (Å²) < 4.78 is 10.5. The summed E-state index contributed by atoms with van der Waals surface area (Å²) in [6, 6.07) is 7.98. The van der Waals surface area contributed by atoms with E-state index < -0.39 is 23.4 Å². The highest BCUT2D eigenvalue weighted by molar-refractivity contribution is 6.09. The van der Waals surface area contributed by atoms with Gasteiger partial charge in [0.25, 0.3) is 0 Å². The Morgan fingerprint density at radius 2 is 1.30 bits per heavy atom. The molecule has 0 heterocycles. The van der Waals surface area contributed by atoms with Crippen LogP contribution >= 0.6 is 0 Å². The number of hydrogen-bond donors (Lipinski definition) is 0. The van der Waals surface area contributed by atoms with Crippen molar-refractivity contribution in [1.82, 2.24) is 0 Å². The third kappa shape index (κ3) is 5.99. The topological polar surface area (TPSA) is 79.6 Å². The Hall–Kier alpha value is -2.55. The van der Waals surface area contributed by atoms with E-state index in [0.717, 1.165) is 4.90 Å². The average Bonchev–Trinajstić information content (AvgIpc) is 2.35. The first kappa shape index (κ1) is 18.5. The van der Waals surface area contributed by atoms with Gasteiger partial charge in [0.15, 0.2) is 0 Å². The molecule has 124 valence electrons. The van der Waals surface area contributed by atoms with Gasteiger partial charge in [-0.3, -0.25) is 0 Å². The second kappa shape index (κ2) is 6.69. The molecule has 0 spiro atoms. The zero-order valence-electron chi connectivity index (χ0n) is 14.3. The van der Waals surface area contributed by atoms with Gasteiger partial charge in [-0.25, -0.2) is 9.59 Å². The van der Waals surface area contributed by atoms with Crippen LogP contribution in [0.2, 0.25) is 0 Å². The summed E-state index contributed by atoms with van der Waals surface area (Å²) in [7, 11) is 0. The predicted molar refractivity (Wildman–Crippen MR) is 86.1 cm³/mol. The van der Waals surface area contributed by atoms with Gasteiger partial charge in [-0.15, -0.1) is 0 Å². The Morgan fingerprint density at radius 3 is 1.61 bits per heavy atom. The van der Waals surface area contributed by atoms with Crippen LogP contribution < -0.4 is 4.90 Å². The van der Waals surface area contributed by atoms with E-state index in [0.29, 0.717) is 5.56 Å². The van der Waals surface area contributed by atoms with Crippen LogP contribution in [-0.4, -0.2) is 23.4 Å². The molecule has 23 heavy (non-hydrogen) atoms. The first-order valence-corrected chi connectivity index (χ1v) is 7.19. The lowest BCUT2D eigenvalue weighted by Gasteiger charge is -2.28. The molecule has 0 aliphatic heterocycles. The standard InChI is InChI=1S/C17H22N2O4/c1-16(2,3)22-14(20)19(15(21)23-17(4,5)6)13-9-7-12(11-18)8-10-13/h7-10H,1-6H3. The molecule has 0 aromatic heterocycles. The van der Waals surface area contributed by atoms with Crippen molar-refractivity contribution in [3.63, 3.8) is 0 Å². The molecule has 1 aromatic rings. The molecule has 0 N–H and O–H groups in total. The van der Waals surface area contributed by atoms with Crippen molar-refractivity contribution in [2.75, 3.05) is 4.90 Å². The summed E-state index contributed by atoms with van der Waals surface area (Å²) >= 11 is 0. The van der Waals surface area contributed by atoms with Gasteiger partial charge < -0.3 is 9.47 Å². The zero-order chi connectivity index (χ0) is 17.8. The fourth-order valence-corrected chi connectivity index (χ4v) is 1.59. The molecule has 0 fully saturated rings. The van der Waals surface area contributed by atoms with Crippen LogP contribution in [-0.2, 0) is 9.47 Å². The van der Waals surface area contributed by atoms with Crippen LogP contribution in [0.3, 0.4) is 0 Å². The van der Waals surface area contributed by atoms with Gasteiger partial charge in [0, 0.05) is 0 Å². The third-order valence-electron chi connectivity index (χ3n) is 2.41. The van der Waals surface area contributed by atoms with Gasteiger partial charge in [0.1, 0.15) is 11.2 Å². The van der Waals surface area contributed by atoms with Gasteiger partial charge in [0.2, 0.25) is 0 Å². The van der Waals surface area contributed by atoms with Crippen LogP contribution in [0.25, 0.3) is 0 Å². The molecule has 2 amide bonds. The number of nitriles is 1. The molecule has 0 aliphatic carbocycles. The SMILES string of the molecule is CC(C)(C)OC(=O)N(C(=O)OC(C)(C)C)c1ccc(C#N)cc1. The molecule has 1 rings (SSSR count). The second-order valence-electron chi connectivity index (χ2n) is 6.95. The summed E-state index contributed by atoms with van der Waals surface area (Å²) in [5.74, 6) is 0. The first-order chi connectivity index (χ1) is 10.4. The maximum atomic E-state index is 12.4. The van der Waals surface area contributed by atoms with Gasteiger partial charge in [-0.05, 0) is 65.8 Å². The highest BCUT2D eigenvalue weighted by Crippen LogP contribution is 2.22. The normalized spacial score (nSPS) is 11.3. The van der Waals surface area contributed by atoms with E-state index in [-0.39, 0.29) is 5.69 Å². The quantitative estimate of drug-likeness (QED) is 0.774. The molecule has 0 aliphatic rings. The minimum Gasteiger partial charge on any atom is -0.443 e. The number of benzene rings is 1. The summed E-state index contributed by atoms with van der Waals surface area (Å²) in [6.07, 6.45) is -1.67. The average molecular weight is 318 g/mol. The van der Waals surface area contributed by atoms with Crippen molar-refractivity contribution in [2.24, 2.45) is 0 Å². The van der Waals surface area contributed by atoms with Gasteiger partial charge in [0.05, 0.1) is 17.3 Å². The van der Waals surface area contributed by atoms with E-state index in [1.165, 1.54) is 24.3 Å². The minimum atomic E-state index is -0.837. The lowest BCUT2D eigenvalue weighted by Crippen LogP contribution is -2.43. The number of imide groups is 1. The zero-order valence-corrected chi connectivity index (χ0v) is 14.3. The second-order valence-corrected chi connectivity index (χ2v) is 6.95. The molecule has 6 nitrogen and oxygen atoms in total. The van der Waals surface area contributed by atoms with Gasteiger partial charge >= 0.3 is 12.2 Å². The number of carbonyl (C=O) groups is 2. The molecule has 0 bridgehead atoms. The number of rotatable bonds is 1. The van der Waals surface area contributed by atoms with E-state index in [1.807, 2.05) is 6.07 Å². The molecule has 0 unspecified atom stereocenters. The highest BCUT2D eigenvalue weighted by atomic mass is 16.6. The number of anilines is 1. The van der Waals surface area contributed by atoms with E-state index in [2.05, 4.69) is 0 Å². The summed E-state index contributed by atoms with van der Waals surface area (Å²) in [5.41, 5.74) is -0.831. The highest BCUT2D eigenvalue weighted by Gasteiger charge is 2.32. The smallest absolute Gasteiger partial charge is 0.424 e. The Balaban J connectivity index is 3.17. The number of nitrogens with zero attached hydrogens (tertiary/aromatic N) is 2. The maximum absolute atomic E-state index is 12.4. The fourth-order valence-electron chi connectivity index (χ4n) is 1.59. The molecule has 0 saturated heterocycles. The number of hydrogen-bond acceptors (Lipinski definition) is 5. The minimum absolute atomic E-state index is 0.271. The molecule has 1 aromatic carbocycles. The lowest BCUT2D eigenvalue weighted by molar-refractivity contribution is 0.0431. The van der Waals surface area contributed by atoms with Gasteiger partial charge in [-0.1, -0.05) is 0 Å². The van der Waals surface area contributed by atoms with Crippen LogP contribution in [0.1, 0.15) is 47.1 Å². The van der Waals surface area contributed by atoms with Crippen molar-refractivity contribution in [3.05, 3.63) is 29.8 Å². The van der Waals surface area contributed by atoms with Crippen molar-refractivity contribution >= 4 is 17.9 Å². The molecule has 0 saturated carbocycles. The number of ether oxygens (including phenoxy) is 2.